The van der Waals surface area contributed by atoms with Crippen LogP contribution < -0.4 is 0 Å². The minimum Gasteiger partial charge on any atom is -0.577 e. The molecule has 0 bridgehead atoms. The third kappa shape index (κ3) is 250. The Bertz CT molecular complexity index is 26.4. The molecule has 0 aliphatic carbocycles. The summed E-state index contributed by atoms with van der Waals surface area (Å²) in [4.78, 5) is 36.2. The fourth-order valence-electron chi connectivity index (χ4n) is 0. The summed E-state index contributed by atoms with van der Waals surface area (Å²) in [5.41, 5.74) is 28.8. The van der Waals surface area contributed by atoms with Crippen LogP contribution in [0.4, 0.5) is 0 Å². The van der Waals surface area contributed by atoms with Crippen LogP contribution in [0.25, 0.3) is 28.0 Å². The quantitative estimate of drug-likeness (QED) is 0.648. The van der Waals surface area contributed by atoms with E-state index in [1.165, 1.54) is 0 Å². The molecule has 0 radical (unpaired) electrons. The van der Waals surface area contributed by atoms with E-state index in [0.717, 1.165) is 0 Å². The first-order valence-corrected chi connectivity index (χ1v) is 0.913. The predicted octanol–water partition coefficient (Wildman–Crippen LogP) is 1.61. The van der Waals surface area contributed by atoms with Crippen molar-refractivity contribution in [2.24, 2.45) is 0 Å². The van der Waals surface area contributed by atoms with Crippen molar-refractivity contribution in [3.63, 3.8) is 0 Å². The summed E-state index contributed by atoms with van der Waals surface area (Å²) in [6, 6.07) is 0. The molecule has 0 aromatic carbocycles. The molecule has 0 atom stereocenters. The van der Waals surface area contributed by atoms with Gasteiger partial charge in [-0.05, 0) is 0 Å². The average molecular weight is 331 g/mol. The minimum absolute atomic E-state index is 0. The van der Waals surface area contributed by atoms with E-state index in [0.29, 0.717) is 0 Å². The van der Waals surface area contributed by atoms with Crippen LogP contribution in [-0.2, 0) is 22.4 Å². The van der Waals surface area contributed by atoms with Gasteiger partial charge >= 0.3 is 22.4 Å². The zero-order chi connectivity index (χ0) is 10.0. The first-order chi connectivity index (χ1) is 5.00. The topological polar surface area (TPSA) is 197 Å². The number of rotatable bonds is 0. The van der Waals surface area contributed by atoms with Gasteiger partial charge in [0.05, 0.1) is 0 Å². The summed E-state index contributed by atoms with van der Waals surface area (Å²) in [5.74, 6) is 0. The van der Waals surface area contributed by atoms with E-state index in [4.69, 9.17) is 52.5 Å². The van der Waals surface area contributed by atoms with Gasteiger partial charge in [0.1, 0.15) is 0 Å². The molecule has 0 unspecified atom stereocenters. The van der Waals surface area contributed by atoms with Crippen LogP contribution in [0.3, 0.4) is 0 Å². The van der Waals surface area contributed by atoms with Crippen molar-refractivity contribution < 1.29 is 22.4 Å². The van der Waals surface area contributed by atoms with Gasteiger partial charge in [0, 0.05) is 0 Å². The first kappa shape index (κ1) is 53.2. The van der Waals surface area contributed by atoms with Crippen LogP contribution >= 0.6 is 0 Å². The Hall–Kier alpha value is -1.26. The van der Waals surface area contributed by atoms with Crippen LogP contribution in [0.5, 0.6) is 0 Å². The maximum Gasteiger partial charge on any atom is 5.00 e. The van der Waals surface area contributed by atoms with Crippen LogP contribution in [-0.4, -0.2) is 0 Å². The summed E-state index contributed by atoms with van der Waals surface area (Å²) < 4.78 is 0. The average Bonchev–Trinajstić information content (AvgIpc) is 2.20. The summed E-state index contributed by atoms with van der Waals surface area (Å²) in [7, 11) is 0. The van der Waals surface area contributed by atoms with Gasteiger partial charge in [-0.1, -0.05) is 0 Å². The standard InChI is InChI=1S/5NO.Ta/c5*1-2;/q5*-1;+5. The van der Waals surface area contributed by atoms with Crippen molar-refractivity contribution in [3.8, 4) is 0 Å². The molecule has 10 nitrogen and oxygen atoms in total. The Kier molecular flexibility index (Phi) is 1600. The second kappa shape index (κ2) is 330. The Balaban J connectivity index is -0.00000000694. The molecule has 0 heterocycles. The second-order valence-corrected chi connectivity index (χ2v) is 0. The smallest absolute Gasteiger partial charge is 0.577 e. The summed E-state index contributed by atoms with van der Waals surface area (Å²) in [6.07, 6.45) is 0. The maximum absolute atomic E-state index is 7.25. The van der Waals surface area contributed by atoms with Crippen molar-refractivity contribution >= 4 is 0 Å². The van der Waals surface area contributed by atoms with Crippen molar-refractivity contribution in [2.45, 2.75) is 0 Å². The fourth-order valence-corrected chi connectivity index (χ4v) is 0. The third-order valence-corrected chi connectivity index (χ3v) is 0. The minimum atomic E-state index is 0. The third-order valence-electron chi connectivity index (χ3n) is 0. The van der Waals surface area contributed by atoms with Gasteiger partial charge < -0.3 is 52.5 Å². The van der Waals surface area contributed by atoms with Crippen LogP contribution in [0.15, 0.2) is 0 Å². The normalized spacial score (nSPS) is 1.82. The molecule has 0 aromatic heterocycles. The van der Waals surface area contributed by atoms with Crippen molar-refractivity contribution in [1.82, 2.24) is 0 Å². The fraction of sp³-hybridized carbons (Fsp3) is 0. The molecule has 0 saturated carbocycles. The monoisotopic (exact) mass is 331 g/mol. The van der Waals surface area contributed by atoms with Gasteiger partial charge in [-0.25, -0.2) is 0 Å². The van der Waals surface area contributed by atoms with E-state index in [1.807, 2.05) is 0 Å². The van der Waals surface area contributed by atoms with E-state index in [1.54, 1.807) is 0 Å². The Morgan fingerprint density at radius 1 is 0.364 bits per heavy atom. The molecule has 0 saturated heterocycles. The molecule has 0 rings (SSSR count). The zero-order valence-corrected chi connectivity index (χ0v) is 7.94. The summed E-state index contributed by atoms with van der Waals surface area (Å²) in [6.45, 7) is 0. The van der Waals surface area contributed by atoms with Crippen LogP contribution in [0.1, 0.15) is 0 Å². The van der Waals surface area contributed by atoms with Gasteiger partial charge in [0.15, 0.2) is 0 Å². The Labute approximate surface area is 75.5 Å². The maximum atomic E-state index is 7.25. The number of hydrogen-bond donors (Lipinski definition) is 0. The van der Waals surface area contributed by atoms with E-state index in [2.05, 4.69) is 0 Å². The molecular weight excluding hydrogens is 331 g/mol. The van der Waals surface area contributed by atoms with Gasteiger partial charge in [0.2, 0.25) is 0 Å². The SMILES string of the molecule is [N-]=O.[N-]=O.[N-]=O.[N-]=O.[N-]=O.[Ta+5]. The summed E-state index contributed by atoms with van der Waals surface area (Å²) in [5, 5.41) is 0. The van der Waals surface area contributed by atoms with Gasteiger partial charge in [0.25, 0.3) is 0 Å². The molecule has 0 fully saturated rings. The molecule has 0 aliphatic heterocycles. The zero-order valence-electron chi connectivity index (χ0n) is 4.72. The van der Waals surface area contributed by atoms with Gasteiger partial charge in [-0.3, -0.25) is 0 Å². The summed E-state index contributed by atoms with van der Waals surface area (Å²) >= 11 is 0. The Morgan fingerprint density at radius 3 is 0.364 bits per heavy atom. The Morgan fingerprint density at radius 2 is 0.364 bits per heavy atom. The molecule has 0 aromatic rings. The van der Waals surface area contributed by atoms with Crippen molar-refractivity contribution in [1.29, 1.82) is 0 Å². The molecule has 0 spiro atoms. The van der Waals surface area contributed by atoms with E-state index >= 15 is 0 Å². The van der Waals surface area contributed by atoms with Crippen molar-refractivity contribution in [3.05, 3.63) is 52.5 Å². The molecular formula is N5O5Ta. The number of nitrogens with zero attached hydrogens (tertiary/aromatic N) is 5. The van der Waals surface area contributed by atoms with Crippen molar-refractivity contribution in [2.75, 3.05) is 0 Å². The van der Waals surface area contributed by atoms with Gasteiger partial charge in [-0.15, -0.1) is 0 Å². The molecule has 0 amide bonds. The molecule has 11 heavy (non-hydrogen) atoms. The van der Waals surface area contributed by atoms with E-state index < -0.39 is 0 Å². The molecule has 60 valence electrons. The van der Waals surface area contributed by atoms with Crippen LogP contribution in [0.2, 0.25) is 0 Å². The van der Waals surface area contributed by atoms with E-state index in [9.17, 15) is 0 Å². The first-order valence-electron chi connectivity index (χ1n) is 0.913. The molecule has 0 N–H and O–H groups in total. The predicted molar refractivity (Wildman–Crippen MR) is 33.6 cm³/mol. The molecule has 11 heteroatoms. The van der Waals surface area contributed by atoms with Gasteiger partial charge in [-0.2, -0.15) is 0 Å². The van der Waals surface area contributed by atoms with E-state index in [-0.39, 0.29) is 22.4 Å². The number of hydrogen-bond acceptors (Lipinski definition) is 5. The largest absolute Gasteiger partial charge is 5.00 e. The molecule has 0 aliphatic rings. The van der Waals surface area contributed by atoms with Crippen LogP contribution in [0, 0.1) is 24.5 Å². The second-order valence-electron chi connectivity index (χ2n) is 0. The number of nitroso groups, excluding NO2 is 5.